The van der Waals surface area contributed by atoms with Crippen LogP contribution in [0.15, 0.2) is 42.5 Å². The normalized spacial score (nSPS) is 10.2. The molecule has 27 heavy (non-hydrogen) atoms. The Kier molecular flexibility index (Phi) is 7.36. The molecule has 0 bridgehead atoms. The number of methoxy groups -OCH3 is 2. The molecule has 1 amide bonds. The maximum atomic E-state index is 12.9. The van der Waals surface area contributed by atoms with Gasteiger partial charge in [0.05, 0.1) is 36.8 Å². The third-order valence-electron chi connectivity index (χ3n) is 3.54. The molecular weight excluding hydrogens is 373 g/mol. The monoisotopic (exact) mass is 391 g/mol. The molecule has 0 aromatic heterocycles. The molecule has 0 atom stereocenters. The van der Waals surface area contributed by atoms with Gasteiger partial charge in [0, 0.05) is 5.75 Å². The Morgan fingerprint density at radius 3 is 2.30 bits per heavy atom. The van der Waals surface area contributed by atoms with Crippen molar-refractivity contribution < 1.29 is 28.2 Å². The van der Waals surface area contributed by atoms with E-state index in [1.165, 1.54) is 56.3 Å². The lowest BCUT2D eigenvalue weighted by Crippen LogP contribution is -2.18. The van der Waals surface area contributed by atoms with Crippen LogP contribution in [0.25, 0.3) is 0 Å². The van der Waals surface area contributed by atoms with E-state index in [1.54, 1.807) is 12.1 Å². The molecule has 1 N–H and O–H groups in total. The topological polar surface area (TPSA) is 81.7 Å². The predicted octanol–water partition coefficient (Wildman–Crippen LogP) is 3.27. The van der Waals surface area contributed by atoms with Crippen molar-refractivity contribution in [1.29, 1.82) is 0 Å². The van der Waals surface area contributed by atoms with Crippen molar-refractivity contribution in [3.05, 3.63) is 65.0 Å². The summed E-state index contributed by atoms with van der Waals surface area (Å²) in [5.41, 5.74) is 1.37. The van der Waals surface area contributed by atoms with Crippen molar-refractivity contribution in [1.82, 2.24) is 0 Å². The lowest BCUT2D eigenvalue weighted by atomic mass is 10.1. The molecule has 0 aliphatic heterocycles. The van der Waals surface area contributed by atoms with Crippen LogP contribution in [0.5, 0.6) is 0 Å². The third-order valence-corrected chi connectivity index (χ3v) is 4.54. The van der Waals surface area contributed by atoms with E-state index < -0.39 is 11.9 Å². The van der Waals surface area contributed by atoms with Gasteiger partial charge >= 0.3 is 11.9 Å². The first-order valence-electron chi connectivity index (χ1n) is 7.87. The number of benzene rings is 2. The summed E-state index contributed by atoms with van der Waals surface area (Å²) >= 11 is 1.33. The van der Waals surface area contributed by atoms with Crippen LogP contribution in [-0.2, 0) is 20.0 Å². The molecule has 0 radical (unpaired) electrons. The quantitative estimate of drug-likeness (QED) is 0.730. The first-order valence-corrected chi connectivity index (χ1v) is 9.02. The van der Waals surface area contributed by atoms with Crippen LogP contribution >= 0.6 is 11.8 Å². The smallest absolute Gasteiger partial charge is 0.339 e. The van der Waals surface area contributed by atoms with Gasteiger partial charge in [0.15, 0.2) is 0 Å². The van der Waals surface area contributed by atoms with E-state index in [0.717, 1.165) is 5.56 Å². The number of rotatable bonds is 7. The van der Waals surface area contributed by atoms with Gasteiger partial charge in [-0.25, -0.2) is 14.0 Å². The molecule has 2 aromatic rings. The zero-order valence-electron chi connectivity index (χ0n) is 14.8. The molecule has 0 saturated carbocycles. The van der Waals surface area contributed by atoms with E-state index in [4.69, 9.17) is 4.74 Å². The summed E-state index contributed by atoms with van der Waals surface area (Å²) in [6.45, 7) is 0. The number of carbonyl (C=O) groups excluding carboxylic acids is 3. The average Bonchev–Trinajstić information content (AvgIpc) is 2.68. The van der Waals surface area contributed by atoms with Crippen LogP contribution in [0.1, 0.15) is 26.3 Å². The maximum absolute atomic E-state index is 12.9. The number of ether oxygens (including phenoxy) is 2. The highest BCUT2D eigenvalue weighted by Crippen LogP contribution is 2.21. The Bertz CT molecular complexity index is 838. The van der Waals surface area contributed by atoms with Crippen LogP contribution in [0, 0.1) is 5.82 Å². The maximum Gasteiger partial charge on any atom is 0.339 e. The van der Waals surface area contributed by atoms with Gasteiger partial charge in [-0.3, -0.25) is 4.79 Å². The lowest BCUT2D eigenvalue weighted by molar-refractivity contribution is -0.113. The van der Waals surface area contributed by atoms with Gasteiger partial charge < -0.3 is 14.8 Å². The van der Waals surface area contributed by atoms with Gasteiger partial charge in [-0.05, 0) is 35.9 Å². The van der Waals surface area contributed by atoms with Crippen LogP contribution in [0.2, 0.25) is 0 Å². The number of amides is 1. The average molecular weight is 391 g/mol. The number of hydrogen-bond acceptors (Lipinski definition) is 6. The van der Waals surface area contributed by atoms with Gasteiger partial charge in [-0.15, -0.1) is 11.8 Å². The van der Waals surface area contributed by atoms with E-state index in [1.807, 2.05) is 0 Å². The van der Waals surface area contributed by atoms with Crippen LogP contribution < -0.4 is 5.32 Å². The first-order chi connectivity index (χ1) is 12.9. The Labute approximate surface area is 160 Å². The minimum atomic E-state index is -0.638. The van der Waals surface area contributed by atoms with Gasteiger partial charge in [-0.1, -0.05) is 12.1 Å². The number of hydrogen-bond donors (Lipinski definition) is 1. The standard InChI is InChI=1S/C19H18FNO5S/c1-25-18(23)13-5-8-15(19(24)26-2)16(9-13)21-17(22)11-27-10-12-3-6-14(20)7-4-12/h3-9H,10-11H2,1-2H3,(H,21,22). The second-order valence-electron chi connectivity index (χ2n) is 5.41. The Hall–Kier alpha value is -2.87. The van der Waals surface area contributed by atoms with Gasteiger partial charge in [0.2, 0.25) is 5.91 Å². The summed E-state index contributed by atoms with van der Waals surface area (Å²) in [6.07, 6.45) is 0. The molecule has 6 nitrogen and oxygen atoms in total. The summed E-state index contributed by atoms with van der Waals surface area (Å²) in [4.78, 5) is 35.8. The van der Waals surface area contributed by atoms with E-state index >= 15 is 0 Å². The second-order valence-corrected chi connectivity index (χ2v) is 6.40. The number of esters is 2. The summed E-state index contributed by atoms with van der Waals surface area (Å²) in [5.74, 6) is -1.26. The molecule has 0 spiro atoms. The Balaban J connectivity index is 2.04. The number of nitrogens with one attached hydrogen (secondary N) is 1. The van der Waals surface area contributed by atoms with Crippen molar-refractivity contribution in [2.24, 2.45) is 0 Å². The predicted molar refractivity (Wildman–Crippen MR) is 100 cm³/mol. The van der Waals surface area contributed by atoms with Gasteiger partial charge in [0.1, 0.15) is 5.82 Å². The molecule has 2 aromatic carbocycles. The van der Waals surface area contributed by atoms with Gasteiger partial charge in [0.25, 0.3) is 0 Å². The molecule has 0 aliphatic rings. The molecule has 0 saturated heterocycles. The number of halogens is 1. The van der Waals surface area contributed by atoms with Gasteiger partial charge in [-0.2, -0.15) is 0 Å². The van der Waals surface area contributed by atoms with Crippen molar-refractivity contribution in [2.45, 2.75) is 5.75 Å². The van der Waals surface area contributed by atoms with E-state index in [2.05, 4.69) is 10.1 Å². The van der Waals surface area contributed by atoms with E-state index in [9.17, 15) is 18.8 Å². The second kappa shape index (κ2) is 9.72. The van der Waals surface area contributed by atoms with E-state index in [0.29, 0.717) is 5.75 Å². The van der Waals surface area contributed by atoms with Crippen molar-refractivity contribution in [2.75, 3.05) is 25.3 Å². The fourth-order valence-corrected chi connectivity index (χ4v) is 3.00. The van der Waals surface area contributed by atoms with Crippen molar-refractivity contribution in [3.63, 3.8) is 0 Å². The highest BCUT2D eigenvalue weighted by molar-refractivity contribution is 7.99. The summed E-state index contributed by atoms with van der Waals surface area (Å²) < 4.78 is 22.2. The minimum absolute atomic E-state index is 0.112. The van der Waals surface area contributed by atoms with Crippen molar-refractivity contribution in [3.8, 4) is 0 Å². The van der Waals surface area contributed by atoms with Crippen LogP contribution in [-0.4, -0.2) is 37.8 Å². The molecular formula is C19H18FNO5S. The Morgan fingerprint density at radius 1 is 1.00 bits per heavy atom. The minimum Gasteiger partial charge on any atom is -0.465 e. The highest BCUT2D eigenvalue weighted by Gasteiger charge is 2.17. The van der Waals surface area contributed by atoms with Crippen LogP contribution in [0.3, 0.4) is 0 Å². The summed E-state index contributed by atoms with van der Waals surface area (Å²) in [5, 5.41) is 2.61. The zero-order chi connectivity index (χ0) is 19.8. The molecule has 2 rings (SSSR count). The molecule has 0 unspecified atom stereocenters. The zero-order valence-corrected chi connectivity index (χ0v) is 15.6. The highest BCUT2D eigenvalue weighted by atomic mass is 32.2. The largest absolute Gasteiger partial charge is 0.465 e. The Morgan fingerprint density at radius 2 is 1.67 bits per heavy atom. The fourth-order valence-electron chi connectivity index (χ4n) is 2.21. The first kappa shape index (κ1) is 20.4. The SMILES string of the molecule is COC(=O)c1ccc(C(=O)OC)c(NC(=O)CSCc2ccc(F)cc2)c1. The summed E-state index contributed by atoms with van der Waals surface area (Å²) in [7, 11) is 2.46. The fraction of sp³-hybridized carbons (Fsp3) is 0.211. The molecule has 0 heterocycles. The molecule has 0 aliphatic carbocycles. The number of anilines is 1. The molecule has 8 heteroatoms. The molecule has 142 valence electrons. The van der Waals surface area contributed by atoms with E-state index in [-0.39, 0.29) is 34.3 Å². The van der Waals surface area contributed by atoms with Crippen molar-refractivity contribution >= 4 is 35.3 Å². The third kappa shape index (κ3) is 5.82. The number of carbonyl (C=O) groups is 3. The lowest BCUT2D eigenvalue weighted by Gasteiger charge is -2.11. The van der Waals surface area contributed by atoms with Crippen LogP contribution in [0.4, 0.5) is 10.1 Å². The molecule has 0 fully saturated rings. The number of thioether (sulfide) groups is 1. The summed E-state index contributed by atoms with van der Waals surface area (Å²) in [6, 6.07) is 10.2.